The molecule has 1 aromatic carbocycles. The molecule has 0 aliphatic heterocycles. The molecule has 0 bridgehead atoms. The number of aromatic carboxylic acids is 1. The highest BCUT2D eigenvalue weighted by Gasteiger charge is 2.07. The molecular weight excluding hydrogens is 224 g/mol. The number of nitrogens with one attached hydrogen (secondary N) is 1. The molecule has 0 aliphatic rings. The maximum absolute atomic E-state index is 10.8. The van der Waals surface area contributed by atoms with Crippen molar-refractivity contribution in [3.05, 3.63) is 23.8 Å². The molecule has 0 aliphatic carbocycles. The summed E-state index contributed by atoms with van der Waals surface area (Å²) in [7, 11) is 0. The second kappa shape index (κ2) is 5.65. The van der Waals surface area contributed by atoms with Crippen LogP contribution in [0.1, 0.15) is 17.3 Å². The van der Waals surface area contributed by atoms with Gasteiger partial charge in [0.2, 0.25) is 0 Å². The topological polar surface area (TPSA) is 75.3 Å². The smallest absolute Gasteiger partial charge is 0.335 e. The van der Waals surface area contributed by atoms with Crippen molar-refractivity contribution in [1.82, 2.24) is 0 Å². The quantitative estimate of drug-likeness (QED) is 0.687. The lowest BCUT2D eigenvalue weighted by atomic mass is 10.1. The Bertz CT molecular complexity index is 382. The van der Waals surface area contributed by atoms with Gasteiger partial charge in [-0.3, -0.25) is 0 Å². The van der Waals surface area contributed by atoms with Gasteiger partial charge >= 0.3 is 5.97 Å². The first-order valence-corrected chi connectivity index (χ1v) is 6.23. The average molecular weight is 240 g/mol. The number of carboxylic acids is 1. The Labute approximate surface area is 99.2 Å². The fourth-order valence-corrected chi connectivity index (χ4v) is 1.43. The summed E-state index contributed by atoms with van der Waals surface area (Å²) < 4.78 is 0. The normalized spacial score (nSPS) is 12.1. The van der Waals surface area contributed by atoms with Crippen LogP contribution in [0.15, 0.2) is 18.2 Å². The van der Waals surface area contributed by atoms with Crippen molar-refractivity contribution in [1.29, 1.82) is 0 Å². The van der Waals surface area contributed by atoms with Gasteiger partial charge in [0.25, 0.3) is 0 Å². The zero-order chi connectivity index (χ0) is 12.1. The van der Waals surface area contributed by atoms with Gasteiger partial charge < -0.3 is 16.2 Å². The molecule has 0 fully saturated rings. The Morgan fingerprint density at radius 1 is 1.62 bits per heavy atom. The van der Waals surface area contributed by atoms with Gasteiger partial charge in [-0.05, 0) is 24.5 Å². The van der Waals surface area contributed by atoms with Crippen LogP contribution in [0.4, 0.5) is 11.4 Å². The summed E-state index contributed by atoms with van der Waals surface area (Å²) in [5, 5.41) is 12.5. The molecular formula is C11H16N2O2S. The van der Waals surface area contributed by atoms with E-state index in [-0.39, 0.29) is 5.56 Å². The van der Waals surface area contributed by atoms with Gasteiger partial charge in [0.1, 0.15) is 0 Å². The van der Waals surface area contributed by atoms with Crippen molar-refractivity contribution in [3.8, 4) is 0 Å². The van der Waals surface area contributed by atoms with E-state index >= 15 is 0 Å². The van der Waals surface area contributed by atoms with Crippen molar-refractivity contribution in [2.75, 3.05) is 23.9 Å². The molecule has 1 aromatic rings. The second-order valence-electron chi connectivity index (χ2n) is 3.53. The molecule has 0 spiro atoms. The minimum atomic E-state index is -0.944. The van der Waals surface area contributed by atoms with Gasteiger partial charge in [-0.1, -0.05) is 6.92 Å². The summed E-state index contributed by atoms with van der Waals surface area (Å²) in [6, 6.07) is 4.67. The number of hydrogen-bond donors (Lipinski definition) is 3. The second-order valence-corrected chi connectivity index (χ2v) is 4.81. The Morgan fingerprint density at radius 2 is 2.31 bits per heavy atom. The van der Waals surface area contributed by atoms with E-state index in [1.54, 1.807) is 23.9 Å². The fraction of sp³-hybridized carbons (Fsp3) is 0.364. The molecule has 0 saturated carbocycles. The van der Waals surface area contributed by atoms with E-state index in [0.29, 0.717) is 16.6 Å². The molecule has 4 N–H and O–H groups in total. The van der Waals surface area contributed by atoms with Crippen LogP contribution >= 0.6 is 11.8 Å². The summed E-state index contributed by atoms with van der Waals surface area (Å²) in [6.45, 7) is 2.85. The fourth-order valence-electron chi connectivity index (χ4n) is 1.18. The molecule has 1 unspecified atom stereocenters. The molecule has 16 heavy (non-hydrogen) atoms. The molecule has 0 radical (unpaired) electrons. The number of nitrogens with two attached hydrogens (primary N) is 1. The summed E-state index contributed by atoms with van der Waals surface area (Å²) in [5.74, 6) is -0.944. The third-order valence-corrected chi connectivity index (χ3v) is 3.25. The number of hydrogen-bond acceptors (Lipinski definition) is 4. The predicted molar refractivity (Wildman–Crippen MR) is 69.3 cm³/mol. The SMILES string of the molecule is CSC(C)CNc1cc(C(=O)O)ccc1N. The molecule has 0 heterocycles. The van der Waals surface area contributed by atoms with Crippen LogP contribution in [0, 0.1) is 0 Å². The van der Waals surface area contributed by atoms with E-state index in [2.05, 4.69) is 12.2 Å². The van der Waals surface area contributed by atoms with Crippen LogP contribution < -0.4 is 11.1 Å². The lowest BCUT2D eigenvalue weighted by molar-refractivity contribution is 0.0697. The van der Waals surface area contributed by atoms with Crippen LogP contribution in [0.2, 0.25) is 0 Å². The Morgan fingerprint density at radius 3 is 2.88 bits per heavy atom. The van der Waals surface area contributed by atoms with Gasteiger partial charge in [-0.25, -0.2) is 4.79 Å². The Kier molecular flexibility index (Phi) is 4.49. The van der Waals surface area contributed by atoms with Gasteiger partial charge in [0.05, 0.1) is 16.9 Å². The number of nitrogen functional groups attached to an aromatic ring is 1. The molecule has 1 rings (SSSR count). The third-order valence-electron chi connectivity index (χ3n) is 2.28. The summed E-state index contributed by atoms with van der Waals surface area (Å²) in [4.78, 5) is 10.8. The van der Waals surface area contributed by atoms with Crippen molar-refractivity contribution in [2.45, 2.75) is 12.2 Å². The predicted octanol–water partition coefficient (Wildman–Crippen LogP) is 2.13. The number of benzene rings is 1. The number of anilines is 2. The van der Waals surface area contributed by atoms with E-state index in [9.17, 15) is 4.79 Å². The standard InChI is InChI=1S/C11H16N2O2S/c1-7(16-2)6-13-10-5-8(11(14)15)3-4-9(10)12/h3-5,7,13H,6,12H2,1-2H3,(H,14,15). The van der Waals surface area contributed by atoms with Crippen LogP contribution in [0.3, 0.4) is 0 Å². The molecule has 88 valence electrons. The highest BCUT2D eigenvalue weighted by atomic mass is 32.2. The van der Waals surface area contributed by atoms with Crippen molar-refractivity contribution in [3.63, 3.8) is 0 Å². The summed E-state index contributed by atoms with van der Waals surface area (Å²) >= 11 is 1.74. The lowest BCUT2D eigenvalue weighted by Gasteiger charge is -2.13. The zero-order valence-corrected chi connectivity index (χ0v) is 10.2. The first kappa shape index (κ1) is 12.7. The Hall–Kier alpha value is -1.36. The van der Waals surface area contributed by atoms with Gasteiger partial charge in [-0.15, -0.1) is 0 Å². The van der Waals surface area contributed by atoms with E-state index in [0.717, 1.165) is 6.54 Å². The van der Waals surface area contributed by atoms with E-state index < -0.39 is 5.97 Å². The monoisotopic (exact) mass is 240 g/mol. The van der Waals surface area contributed by atoms with Crippen molar-refractivity contribution < 1.29 is 9.90 Å². The van der Waals surface area contributed by atoms with Gasteiger partial charge in [-0.2, -0.15) is 11.8 Å². The van der Waals surface area contributed by atoms with Crippen LogP contribution in [0.5, 0.6) is 0 Å². The molecule has 4 nitrogen and oxygen atoms in total. The minimum Gasteiger partial charge on any atom is -0.478 e. The maximum Gasteiger partial charge on any atom is 0.335 e. The molecule has 0 saturated heterocycles. The molecule has 0 amide bonds. The van der Waals surface area contributed by atoms with Crippen LogP contribution in [-0.4, -0.2) is 29.1 Å². The lowest BCUT2D eigenvalue weighted by Crippen LogP contribution is -2.14. The largest absolute Gasteiger partial charge is 0.478 e. The van der Waals surface area contributed by atoms with Crippen LogP contribution in [0.25, 0.3) is 0 Å². The number of thioether (sulfide) groups is 1. The summed E-state index contributed by atoms with van der Waals surface area (Å²) in [5.41, 5.74) is 7.25. The summed E-state index contributed by atoms with van der Waals surface area (Å²) in [6.07, 6.45) is 2.03. The van der Waals surface area contributed by atoms with Crippen molar-refractivity contribution in [2.24, 2.45) is 0 Å². The van der Waals surface area contributed by atoms with Gasteiger partial charge in [0.15, 0.2) is 0 Å². The number of carboxylic acid groups (broad SMARTS) is 1. The number of rotatable bonds is 5. The zero-order valence-electron chi connectivity index (χ0n) is 9.36. The third kappa shape index (κ3) is 3.34. The highest BCUT2D eigenvalue weighted by Crippen LogP contribution is 2.20. The maximum atomic E-state index is 10.8. The number of carbonyl (C=O) groups is 1. The Balaban J connectivity index is 2.78. The van der Waals surface area contributed by atoms with E-state index in [1.807, 2.05) is 6.26 Å². The molecule has 5 heteroatoms. The molecule has 1 atom stereocenters. The molecule has 0 aromatic heterocycles. The van der Waals surface area contributed by atoms with E-state index in [1.165, 1.54) is 6.07 Å². The minimum absolute atomic E-state index is 0.244. The van der Waals surface area contributed by atoms with Crippen molar-refractivity contribution >= 4 is 29.1 Å². The van der Waals surface area contributed by atoms with E-state index in [4.69, 9.17) is 10.8 Å². The highest BCUT2D eigenvalue weighted by molar-refractivity contribution is 7.99. The average Bonchev–Trinajstić information content (AvgIpc) is 2.27. The first-order chi connectivity index (χ1) is 7.54. The van der Waals surface area contributed by atoms with Gasteiger partial charge in [0, 0.05) is 11.8 Å². The van der Waals surface area contributed by atoms with Crippen LogP contribution in [-0.2, 0) is 0 Å². The first-order valence-electron chi connectivity index (χ1n) is 4.94.